The van der Waals surface area contributed by atoms with Crippen molar-refractivity contribution in [2.75, 3.05) is 50.1 Å². The van der Waals surface area contributed by atoms with Crippen molar-refractivity contribution in [1.82, 2.24) is 15.7 Å². The van der Waals surface area contributed by atoms with Gasteiger partial charge in [-0.15, -0.1) is 0 Å². The summed E-state index contributed by atoms with van der Waals surface area (Å²) in [5, 5.41) is 20.9. The number of nitrogens with zero attached hydrogens (tertiary/aromatic N) is 3. The van der Waals surface area contributed by atoms with E-state index < -0.39 is 24.1 Å². The van der Waals surface area contributed by atoms with Gasteiger partial charge in [0.2, 0.25) is 0 Å². The molecule has 0 bridgehead atoms. The molecule has 0 unspecified atom stereocenters. The first kappa shape index (κ1) is 23.4. The Kier molecular flexibility index (Phi) is 7.55. The Balaban J connectivity index is 1.57. The maximum atomic E-state index is 12.5. The van der Waals surface area contributed by atoms with Gasteiger partial charge in [-0.25, -0.2) is 10.3 Å². The van der Waals surface area contributed by atoms with Gasteiger partial charge >= 0.3 is 6.03 Å². The van der Waals surface area contributed by atoms with E-state index in [1.807, 2.05) is 14.1 Å². The summed E-state index contributed by atoms with van der Waals surface area (Å²) in [6.45, 7) is 3.63. The van der Waals surface area contributed by atoms with Crippen LogP contribution in [0.5, 0.6) is 0 Å². The Morgan fingerprint density at radius 3 is 1.94 bits per heavy atom. The number of benzene rings is 2. The molecule has 0 saturated carbocycles. The monoisotopic (exact) mass is 441 g/mol. The third-order valence-electron chi connectivity index (χ3n) is 5.67. The van der Waals surface area contributed by atoms with E-state index in [1.54, 1.807) is 4.90 Å². The van der Waals surface area contributed by atoms with Gasteiger partial charge in [0.05, 0.1) is 6.10 Å². The van der Waals surface area contributed by atoms with E-state index in [0.29, 0.717) is 26.2 Å². The largest absolute Gasteiger partial charge is 0.391 e. The van der Waals surface area contributed by atoms with Crippen LogP contribution in [0.1, 0.15) is 6.92 Å². The Labute approximate surface area is 188 Å². The average molecular weight is 442 g/mol. The zero-order chi connectivity index (χ0) is 23.3. The quantitative estimate of drug-likeness (QED) is 0.400. The van der Waals surface area contributed by atoms with Gasteiger partial charge < -0.3 is 25.1 Å². The van der Waals surface area contributed by atoms with E-state index in [2.05, 4.69) is 63.6 Å². The van der Waals surface area contributed by atoms with E-state index in [4.69, 9.17) is 5.21 Å². The summed E-state index contributed by atoms with van der Waals surface area (Å²) in [5.74, 6) is -0.858. The maximum absolute atomic E-state index is 12.5. The van der Waals surface area contributed by atoms with Gasteiger partial charge in [-0.3, -0.25) is 10.0 Å². The lowest BCUT2D eigenvalue weighted by Crippen LogP contribution is -2.58. The van der Waals surface area contributed by atoms with Crippen LogP contribution >= 0.6 is 0 Å². The molecule has 2 aromatic rings. The first-order valence-corrected chi connectivity index (χ1v) is 10.6. The van der Waals surface area contributed by atoms with Crippen LogP contribution in [0.25, 0.3) is 11.1 Å². The highest BCUT2D eigenvalue weighted by Gasteiger charge is 2.29. The topological polar surface area (TPSA) is 108 Å². The van der Waals surface area contributed by atoms with Crippen molar-refractivity contribution in [3.63, 3.8) is 0 Å². The summed E-state index contributed by atoms with van der Waals surface area (Å²) >= 11 is 0. The van der Waals surface area contributed by atoms with E-state index >= 15 is 0 Å². The molecule has 9 heteroatoms. The Morgan fingerprint density at radius 2 is 1.47 bits per heavy atom. The second-order valence-corrected chi connectivity index (χ2v) is 8.11. The predicted molar refractivity (Wildman–Crippen MR) is 124 cm³/mol. The molecular weight excluding hydrogens is 410 g/mol. The summed E-state index contributed by atoms with van der Waals surface area (Å²) in [7, 11) is 4.04. The van der Waals surface area contributed by atoms with E-state index in [9.17, 15) is 14.7 Å². The second-order valence-electron chi connectivity index (χ2n) is 8.11. The van der Waals surface area contributed by atoms with Crippen LogP contribution < -0.4 is 20.6 Å². The smallest absolute Gasteiger partial charge is 0.318 e. The number of anilines is 2. The van der Waals surface area contributed by atoms with Gasteiger partial charge in [0.25, 0.3) is 5.91 Å². The molecule has 0 aliphatic carbocycles. The second kappa shape index (κ2) is 10.3. The van der Waals surface area contributed by atoms with Gasteiger partial charge in [0.15, 0.2) is 0 Å². The zero-order valence-electron chi connectivity index (χ0n) is 18.7. The fourth-order valence-corrected chi connectivity index (χ4v) is 3.68. The van der Waals surface area contributed by atoms with Crippen LogP contribution in [-0.4, -0.2) is 79.6 Å². The highest BCUT2D eigenvalue weighted by Crippen LogP contribution is 2.25. The van der Waals surface area contributed by atoms with Crippen molar-refractivity contribution < 1.29 is 19.9 Å². The number of nitrogens with one attached hydrogen (secondary N) is 2. The summed E-state index contributed by atoms with van der Waals surface area (Å²) in [6, 6.07) is 15.1. The van der Waals surface area contributed by atoms with Crippen molar-refractivity contribution in [3.05, 3.63) is 48.5 Å². The van der Waals surface area contributed by atoms with Gasteiger partial charge in [-0.2, -0.15) is 0 Å². The highest BCUT2D eigenvalue weighted by atomic mass is 16.5. The van der Waals surface area contributed by atoms with Crippen molar-refractivity contribution in [1.29, 1.82) is 0 Å². The molecule has 1 aliphatic rings. The first-order valence-electron chi connectivity index (χ1n) is 10.6. The molecule has 3 rings (SSSR count). The lowest BCUT2D eigenvalue weighted by atomic mass is 10.0. The van der Waals surface area contributed by atoms with E-state index in [1.165, 1.54) is 12.4 Å². The van der Waals surface area contributed by atoms with Crippen LogP contribution in [0.15, 0.2) is 48.5 Å². The summed E-state index contributed by atoms with van der Waals surface area (Å²) in [5.41, 5.74) is 6.00. The molecular formula is C23H31N5O4. The minimum Gasteiger partial charge on any atom is -0.391 e. The molecule has 1 heterocycles. The van der Waals surface area contributed by atoms with Crippen molar-refractivity contribution >= 4 is 23.3 Å². The van der Waals surface area contributed by atoms with Crippen LogP contribution in [-0.2, 0) is 4.79 Å². The van der Waals surface area contributed by atoms with Crippen LogP contribution in [0.3, 0.4) is 0 Å². The molecule has 1 aliphatic heterocycles. The molecule has 3 amide bonds. The average Bonchev–Trinajstić information content (AvgIpc) is 2.82. The van der Waals surface area contributed by atoms with Gasteiger partial charge in [0.1, 0.15) is 6.04 Å². The fourth-order valence-electron chi connectivity index (χ4n) is 3.68. The van der Waals surface area contributed by atoms with Gasteiger partial charge in [0, 0.05) is 51.6 Å². The number of amides is 3. The molecule has 32 heavy (non-hydrogen) atoms. The van der Waals surface area contributed by atoms with Gasteiger partial charge in [-0.1, -0.05) is 24.3 Å². The highest BCUT2D eigenvalue weighted by molar-refractivity contribution is 5.87. The Morgan fingerprint density at radius 1 is 0.938 bits per heavy atom. The predicted octanol–water partition coefficient (Wildman–Crippen LogP) is 1.51. The SMILES string of the molecule is C[C@H](O)[C@@H](NC(=O)N1CCN(c2ccc(-c3ccc(N(C)C)cc3)cc2)CC1)C(=O)NO. The molecule has 2 aromatic carbocycles. The molecule has 2 atom stereocenters. The van der Waals surface area contributed by atoms with Gasteiger partial charge in [-0.05, 0) is 42.3 Å². The standard InChI is InChI=1S/C23H31N5O4/c1-16(29)21(22(30)25-32)24-23(31)28-14-12-27(13-15-28)20-10-6-18(7-11-20)17-4-8-19(9-5-17)26(2)3/h4-11,16,21,29,32H,12-15H2,1-3H3,(H,24,31)(H,25,30)/t16-,21+/m0/s1. The number of aliphatic hydroxyl groups excluding tert-OH is 1. The number of hydrogen-bond donors (Lipinski definition) is 4. The summed E-state index contributed by atoms with van der Waals surface area (Å²) < 4.78 is 0. The number of rotatable bonds is 6. The molecule has 4 N–H and O–H groups in total. The molecule has 0 spiro atoms. The number of piperazine rings is 1. The number of carbonyl (C=O) groups excluding carboxylic acids is 2. The van der Waals surface area contributed by atoms with Crippen molar-refractivity contribution in [3.8, 4) is 11.1 Å². The number of urea groups is 1. The Bertz CT molecular complexity index is 907. The third kappa shape index (κ3) is 5.49. The third-order valence-corrected chi connectivity index (χ3v) is 5.67. The minimum absolute atomic E-state index is 0.448. The summed E-state index contributed by atoms with van der Waals surface area (Å²) in [6.07, 6.45) is -1.13. The molecule has 0 aromatic heterocycles. The number of aliphatic hydroxyl groups is 1. The lowest BCUT2D eigenvalue weighted by molar-refractivity contribution is -0.133. The van der Waals surface area contributed by atoms with E-state index in [0.717, 1.165) is 22.5 Å². The van der Waals surface area contributed by atoms with Crippen LogP contribution in [0, 0.1) is 0 Å². The van der Waals surface area contributed by atoms with Crippen molar-refractivity contribution in [2.45, 2.75) is 19.1 Å². The van der Waals surface area contributed by atoms with Crippen molar-refractivity contribution in [2.24, 2.45) is 0 Å². The summed E-state index contributed by atoms with van der Waals surface area (Å²) in [4.78, 5) is 30.0. The zero-order valence-corrected chi connectivity index (χ0v) is 18.7. The van der Waals surface area contributed by atoms with E-state index in [-0.39, 0.29) is 0 Å². The molecule has 1 saturated heterocycles. The molecule has 1 fully saturated rings. The van der Waals surface area contributed by atoms with Crippen LogP contribution in [0.2, 0.25) is 0 Å². The first-order chi connectivity index (χ1) is 15.3. The molecule has 9 nitrogen and oxygen atoms in total. The normalized spacial score (nSPS) is 15.7. The maximum Gasteiger partial charge on any atom is 0.318 e. The fraction of sp³-hybridized carbons (Fsp3) is 0.391. The Hall–Kier alpha value is -3.30. The van der Waals surface area contributed by atoms with Crippen LogP contribution in [0.4, 0.5) is 16.2 Å². The number of hydroxylamine groups is 1. The lowest BCUT2D eigenvalue weighted by Gasteiger charge is -2.36. The number of hydrogen-bond acceptors (Lipinski definition) is 6. The minimum atomic E-state index is -1.22. The molecule has 172 valence electrons. The molecule has 0 radical (unpaired) electrons. The number of carbonyl (C=O) groups is 2.